The van der Waals surface area contributed by atoms with E-state index in [0.717, 1.165) is 0 Å². The van der Waals surface area contributed by atoms with Gasteiger partial charge < -0.3 is 15.0 Å². The Balaban J connectivity index is 2.61. The van der Waals surface area contributed by atoms with Crippen LogP contribution >= 0.6 is 15.9 Å². The van der Waals surface area contributed by atoms with Crippen LogP contribution in [0.3, 0.4) is 0 Å². The summed E-state index contributed by atoms with van der Waals surface area (Å²) in [5.74, 6) is 0.622. The molecule has 0 aliphatic rings. The van der Waals surface area contributed by atoms with E-state index >= 15 is 0 Å². The van der Waals surface area contributed by atoms with Gasteiger partial charge in [-0.3, -0.25) is 0 Å². The molecule has 1 aromatic carbocycles. The summed E-state index contributed by atoms with van der Waals surface area (Å²) in [6, 6.07) is 4.39. The lowest BCUT2D eigenvalue weighted by molar-refractivity contribution is 0.401. The Morgan fingerprint density at radius 1 is 1.50 bits per heavy atom. The Bertz CT molecular complexity index is 528. The highest BCUT2D eigenvalue weighted by Gasteiger charge is 2.16. The number of methoxy groups -OCH3 is 1. The van der Waals surface area contributed by atoms with Gasteiger partial charge in [0.1, 0.15) is 11.6 Å². The fourth-order valence-electron chi connectivity index (χ4n) is 1.34. The fraction of sp³-hybridized carbons (Fsp3) is 0.100. The molecule has 2 N–H and O–H groups in total. The molecule has 0 aliphatic carbocycles. The summed E-state index contributed by atoms with van der Waals surface area (Å²) in [5, 5.41) is 3.56. The summed E-state index contributed by atoms with van der Waals surface area (Å²) in [7, 11) is 1.45. The topological polar surface area (TPSA) is 61.3 Å². The minimum absolute atomic E-state index is 0.238. The number of hydrogen-bond donors (Lipinski definition) is 1. The second kappa shape index (κ2) is 4.13. The monoisotopic (exact) mass is 286 g/mol. The molecule has 84 valence electrons. The van der Waals surface area contributed by atoms with E-state index in [9.17, 15) is 4.39 Å². The zero-order valence-electron chi connectivity index (χ0n) is 8.33. The van der Waals surface area contributed by atoms with Crippen LogP contribution in [0, 0.1) is 5.82 Å². The maximum absolute atomic E-state index is 13.3. The van der Waals surface area contributed by atoms with Crippen molar-refractivity contribution in [3.8, 4) is 17.1 Å². The SMILES string of the molecule is COc1c(-c2cc(N)no2)ccc(F)c1Br. The predicted octanol–water partition coefficient (Wildman–Crippen LogP) is 2.83. The van der Waals surface area contributed by atoms with Gasteiger partial charge in [-0.2, -0.15) is 0 Å². The lowest BCUT2D eigenvalue weighted by atomic mass is 10.1. The molecule has 0 saturated carbocycles. The van der Waals surface area contributed by atoms with Crippen molar-refractivity contribution in [1.82, 2.24) is 5.16 Å². The minimum Gasteiger partial charge on any atom is -0.495 e. The van der Waals surface area contributed by atoms with Crippen LogP contribution in [0.1, 0.15) is 0 Å². The predicted molar refractivity (Wildman–Crippen MR) is 60.6 cm³/mol. The fourth-order valence-corrected chi connectivity index (χ4v) is 1.85. The maximum atomic E-state index is 13.3. The van der Waals surface area contributed by atoms with Crippen molar-refractivity contribution in [3.63, 3.8) is 0 Å². The molecule has 6 heteroatoms. The molecule has 1 aromatic heterocycles. The third-order valence-electron chi connectivity index (χ3n) is 2.05. The Labute approximate surface area is 99.3 Å². The summed E-state index contributed by atoms with van der Waals surface area (Å²) in [4.78, 5) is 0. The smallest absolute Gasteiger partial charge is 0.172 e. The summed E-state index contributed by atoms with van der Waals surface area (Å²) in [6.07, 6.45) is 0. The Hall–Kier alpha value is -1.56. The molecule has 0 aliphatic heterocycles. The van der Waals surface area contributed by atoms with Gasteiger partial charge in [-0.1, -0.05) is 5.16 Å². The highest BCUT2D eigenvalue weighted by Crippen LogP contribution is 2.38. The molecule has 2 rings (SSSR count). The van der Waals surface area contributed by atoms with E-state index in [1.165, 1.54) is 13.2 Å². The van der Waals surface area contributed by atoms with Crippen LogP contribution in [0.5, 0.6) is 5.75 Å². The molecule has 0 saturated heterocycles. The van der Waals surface area contributed by atoms with Gasteiger partial charge in [-0.05, 0) is 28.1 Å². The van der Waals surface area contributed by atoms with Gasteiger partial charge in [0.05, 0.1) is 17.1 Å². The number of anilines is 1. The molecule has 0 bridgehead atoms. The highest BCUT2D eigenvalue weighted by molar-refractivity contribution is 9.10. The number of nitrogens with two attached hydrogens (primary N) is 1. The largest absolute Gasteiger partial charge is 0.495 e. The van der Waals surface area contributed by atoms with Crippen molar-refractivity contribution < 1.29 is 13.7 Å². The van der Waals surface area contributed by atoms with Crippen LogP contribution in [0.15, 0.2) is 27.2 Å². The summed E-state index contributed by atoms with van der Waals surface area (Å²) in [5.41, 5.74) is 6.03. The summed E-state index contributed by atoms with van der Waals surface area (Å²) in [6.45, 7) is 0. The molecular weight excluding hydrogens is 279 g/mol. The van der Waals surface area contributed by atoms with Crippen molar-refractivity contribution in [1.29, 1.82) is 0 Å². The van der Waals surface area contributed by atoms with E-state index in [0.29, 0.717) is 17.1 Å². The maximum Gasteiger partial charge on any atom is 0.172 e. The van der Waals surface area contributed by atoms with Gasteiger partial charge in [-0.15, -0.1) is 0 Å². The second-order valence-electron chi connectivity index (χ2n) is 3.06. The zero-order chi connectivity index (χ0) is 11.7. The molecule has 1 heterocycles. The van der Waals surface area contributed by atoms with Gasteiger partial charge in [0.25, 0.3) is 0 Å². The van der Waals surface area contributed by atoms with Gasteiger partial charge in [0, 0.05) is 6.07 Å². The lowest BCUT2D eigenvalue weighted by Crippen LogP contribution is -1.91. The van der Waals surface area contributed by atoms with Gasteiger partial charge >= 0.3 is 0 Å². The molecule has 0 atom stereocenters. The molecule has 2 aromatic rings. The number of aromatic nitrogens is 1. The number of nitrogens with zero attached hydrogens (tertiary/aromatic N) is 1. The summed E-state index contributed by atoms with van der Waals surface area (Å²) < 4.78 is 23.6. The molecule has 16 heavy (non-hydrogen) atoms. The van der Waals surface area contributed by atoms with Crippen LogP contribution in [0.4, 0.5) is 10.2 Å². The van der Waals surface area contributed by atoms with E-state index in [1.807, 2.05) is 0 Å². The number of ether oxygens (including phenoxy) is 1. The minimum atomic E-state index is -0.409. The van der Waals surface area contributed by atoms with E-state index in [-0.39, 0.29) is 10.3 Å². The lowest BCUT2D eigenvalue weighted by Gasteiger charge is -2.08. The van der Waals surface area contributed by atoms with E-state index in [2.05, 4.69) is 21.1 Å². The zero-order valence-corrected chi connectivity index (χ0v) is 9.92. The van der Waals surface area contributed by atoms with Gasteiger partial charge in [-0.25, -0.2) is 4.39 Å². The van der Waals surface area contributed by atoms with Crippen molar-refractivity contribution in [2.24, 2.45) is 0 Å². The van der Waals surface area contributed by atoms with Crippen molar-refractivity contribution in [2.75, 3.05) is 12.8 Å². The molecule has 0 fully saturated rings. The first-order valence-corrected chi connectivity index (χ1v) is 5.17. The molecular formula is C10H8BrFN2O2. The number of halogens is 2. The molecule has 0 radical (unpaired) electrons. The molecule has 0 unspecified atom stereocenters. The second-order valence-corrected chi connectivity index (χ2v) is 3.85. The number of benzene rings is 1. The quantitative estimate of drug-likeness (QED) is 0.922. The number of rotatable bonds is 2. The normalized spacial score (nSPS) is 10.4. The standard InChI is InChI=1S/C10H8BrFN2O2/c1-15-10-5(2-3-6(12)9(10)11)7-4-8(13)14-16-7/h2-4H,1H3,(H2,13,14). The third-order valence-corrected chi connectivity index (χ3v) is 2.79. The summed E-state index contributed by atoms with van der Waals surface area (Å²) >= 11 is 3.10. The molecule has 0 spiro atoms. The molecule has 0 amide bonds. The van der Waals surface area contributed by atoms with Gasteiger partial charge in [0.15, 0.2) is 11.6 Å². The third kappa shape index (κ3) is 1.76. The van der Waals surface area contributed by atoms with Crippen LogP contribution in [0.2, 0.25) is 0 Å². The van der Waals surface area contributed by atoms with Crippen molar-refractivity contribution >= 4 is 21.7 Å². The average Bonchev–Trinajstić information content (AvgIpc) is 2.68. The Morgan fingerprint density at radius 2 is 2.25 bits per heavy atom. The first kappa shape index (κ1) is 10.9. The number of nitrogen functional groups attached to an aromatic ring is 1. The van der Waals surface area contributed by atoms with Gasteiger partial charge in [0.2, 0.25) is 0 Å². The van der Waals surface area contributed by atoms with E-state index in [1.54, 1.807) is 12.1 Å². The van der Waals surface area contributed by atoms with Crippen LogP contribution in [0.25, 0.3) is 11.3 Å². The number of hydrogen-bond acceptors (Lipinski definition) is 4. The van der Waals surface area contributed by atoms with Crippen LogP contribution in [-0.4, -0.2) is 12.3 Å². The Kier molecular flexibility index (Phi) is 2.82. The van der Waals surface area contributed by atoms with Crippen LogP contribution in [-0.2, 0) is 0 Å². The first-order chi connectivity index (χ1) is 7.63. The van der Waals surface area contributed by atoms with E-state index < -0.39 is 5.82 Å². The van der Waals surface area contributed by atoms with Crippen molar-refractivity contribution in [3.05, 3.63) is 28.5 Å². The first-order valence-electron chi connectivity index (χ1n) is 4.38. The highest BCUT2D eigenvalue weighted by atomic mass is 79.9. The molecule has 4 nitrogen and oxygen atoms in total. The van der Waals surface area contributed by atoms with Crippen LogP contribution < -0.4 is 10.5 Å². The van der Waals surface area contributed by atoms with E-state index in [4.69, 9.17) is 15.0 Å². The van der Waals surface area contributed by atoms with Crippen molar-refractivity contribution in [2.45, 2.75) is 0 Å². The Morgan fingerprint density at radius 3 is 2.81 bits per heavy atom. The average molecular weight is 287 g/mol.